The molecule has 1 N–H and O–H groups in total. The molecule has 0 spiro atoms. The molecule has 0 atom stereocenters. The first-order valence-corrected chi connectivity index (χ1v) is 4.64. The van der Waals surface area contributed by atoms with Crippen molar-refractivity contribution >= 4 is 15.9 Å². The molecule has 0 saturated carbocycles. The molecule has 1 aromatic carbocycles. The second-order valence-corrected chi connectivity index (χ2v) is 3.31. The van der Waals surface area contributed by atoms with Crippen LogP contribution in [0.4, 0.5) is 4.39 Å². The minimum atomic E-state index is -0.315. The van der Waals surface area contributed by atoms with Gasteiger partial charge in [-0.15, -0.1) is 0 Å². The number of halogens is 2. The normalized spacial score (nSPS) is 10.2. The molecule has 0 heterocycles. The summed E-state index contributed by atoms with van der Waals surface area (Å²) in [4.78, 5) is 0. The van der Waals surface area contributed by atoms with Gasteiger partial charge in [-0.25, -0.2) is 4.39 Å². The number of rotatable bonds is 4. The molecule has 12 heavy (non-hydrogen) atoms. The van der Waals surface area contributed by atoms with Gasteiger partial charge < -0.3 is 5.32 Å². The van der Waals surface area contributed by atoms with Gasteiger partial charge in [-0.2, -0.15) is 0 Å². The highest BCUT2D eigenvalue weighted by Gasteiger charge is 1.96. The predicted octanol–water partition coefficient (Wildman–Crippen LogP) is 2.51. The summed E-state index contributed by atoms with van der Waals surface area (Å²) in [7, 11) is 0. The lowest BCUT2D eigenvalue weighted by Crippen LogP contribution is -2.16. The fraction of sp³-hybridized carbons (Fsp3) is 0.333. The van der Waals surface area contributed by atoms with Gasteiger partial charge >= 0.3 is 0 Å². The van der Waals surface area contributed by atoms with Gasteiger partial charge in [0.2, 0.25) is 0 Å². The molecule has 1 aromatic rings. The van der Waals surface area contributed by atoms with Gasteiger partial charge in [-0.1, -0.05) is 34.1 Å². The molecule has 0 bridgehead atoms. The van der Waals surface area contributed by atoms with Crippen LogP contribution >= 0.6 is 15.9 Å². The lowest BCUT2D eigenvalue weighted by Gasteiger charge is -2.03. The first kappa shape index (κ1) is 9.68. The Bertz CT molecular complexity index is 240. The van der Waals surface area contributed by atoms with Crippen LogP contribution in [0.3, 0.4) is 0 Å². The highest BCUT2D eigenvalue weighted by atomic mass is 79.9. The Morgan fingerprint density at radius 2 is 2.08 bits per heavy atom. The molecule has 1 rings (SSSR count). The zero-order valence-corrected chi connectivity index (χ0v) is 8.27. The topological polar surface area (TPSA) is 12.0 Å². The van der Waals surface area contributed by atoms with Crippen LogP contribution in [0.15, 0.2) is 28.7 Å². The fourth-order valence-corrected chi connectivity index (χ4v) is 1.36. The maximum absolute atomic E-state index is 11.7. The zero-order valence-electron chi connectivity index (χ0n) is 6.69. The molecule has 0 aromatic heterocycles. The van der Waals surface area contributed by atoms with Gasteiger partial charge in [0.15, 0.2) is 0 Å². The Morgan fingerprint density at radius 1 is 1.33 bits per heavy atom. The first-order valence-electron chi connectivity index (χ1n) is 3.84. The summed E-state index contributed by atoms with van der Waals surface area (Å²) < 4.78 is 12.8. The van der Waals surface area contributed by atoms with Gasteiger partial charge in [0.1, 0.15) is 6.67 Å². The number of nitrogens with one attached hydrogen (secondary N) is 1. The van der Waals surface area contributed by atoms with Crippen LogP contribution < -0.4 is 5.32 Å². The van der Waals surface area contributed by atoms with Crippen molar-refractivity contribution in [3.8, 4) is 0 Å². The summed E-state index contributed by atoms with van der Waals surface area (Å²) in [5.74, 6) is 0. The van der Waals surface area contributed by atoms with E-state index >= 15 is 0 Å². The minimum Gasteiger partial charge on any atom is -0.310 e. The van der Waals surface area contributed by atoms with E-state index in [0.29, 0.717) is 13.1 Å². The molecule has 0 unspecified atom stereocenters. The molecular formula is C9H11BrFN. The van der Waals surface area contributed by atoms with Crippen LogP contribution in [0.1, 0.15) is 5.56 Å². The van der Waals surface area contributed by atoms with Crippen molar-refractivity contribution < 1.29 is 4.39 Å². The van der Waals surface area contributed by atoms with E-state index in [1.165, 1.54) is 0 Å². The quantitative estimate of drug-likeness (QED) is 0.786. The highest BCUT2D eigenvalue weighted by Crippen LogP contribution is 2.14. The van der Waals surface area contributed by atoms with E-state index in [0.717, 1.165) is 10.0 Å². The van der Waals surface area contributed by atoms with Gasteiger partial charge in [0, 0.05) is 17.6 Å². The molecule has 0 aliphatic heterocycles. The maximum atomic E-state index is 11.7. The van der Waals surface area contributed by atoms with E-state index in [4.69, 9.17) is 0 Å². The first-order chi connectivity index (χ1) is 5.84. The number of hydrogen-bond donors (Lipinski definition) is 1. The molecule has 0 saturated heterocycles. The van der Waals surface area contributed by atoms with Crippen molar-refractivity contribution in [1.82, 2.24) is 5.32 Å². The lowest BCUT2D eigenvalue weighted by atomic mass is 10.2. The van der Waals surface area contributed by atoms with Crippen molar-refractivity contribution in [2.24, 2.45) is 0 Å². The van der Waals surface area contributed by atoms with Crippen molar-refractivity contribution in [2.75, 3.05) is 13.2 Å². The van der Waals surface area contributed by atoms with Crippen LogP contribution in [0.5, 0.6) is 0 Å². The summed E-state index contributed by atoms with van der Waals surface area (Å²) in [6, 6.07) is 7.92. The number of benzene rings is 1. The highest BCUT2D eigenvalue weighted by molar-refractivity contribution is 9.10. The van der Waals surface area contributed by atoms with Crippen molar-refractivity contribution in [1.29, 1.82) is 0 Å². The molecular weight excluding hydrogens is 221 g/mol. The smallest absolute Gasteiger partial charge is 0.102 e. The third kappa shape index (κ3) is 2.91. The molecule has 0 aliphatic rings. The Hall–Kier alpha value is -0.410. The summed E-state index contributed by atoms with van der Waals surface area (Å²) in [5, 5.41) is 2.99. The average molecular weight is 232 g/mol. The van der Waals surface area contributed by atoms with Gasteiger partial charge in [0.05, 0.1) is 0 Å². The van der Waals surface area contributed by atoms with Crippen molar-refractivity contribution in [3.63, 3.8) is 0 Å². The summed E-state index contributed by atoms with van der Waals surface area (Å²) >= 11 is 3.41. The Kier molecular flexibility index (Phi) is 4.25. The van der Waals surface area contributed by atoms with Crippen molar-refractivity contribution in [2.45, 2.75) is 6.54 Å². The van der Waals surface area contributed by atoms with E-state index in [1.54, 1.807) is 0 Å². The molecule has 0 aliphatic carbocycles. The standard InChI is InChI=1S/C9H11BrFN/c10-9-4-2-1-3-8(9)7-12-6-5-11/h1-4,12H,5-7H2. The largest absolute Gasteiger partial charge is 0.310 e. The molecule has 66 valence electrons. The summed E-state index contributed by atoms with van der Waals surface area (Å²) in [6.45, 7) is 0.817. The van der Waals surface area contributed by atoms with Crippen LogP contribution in [0, 0.1) is 0 Å². The molecule has 3 heteroatoms. The van der Waals surface area contributed by atoms with Gasteiger partial charge in [-0.05, 0) is 11.6 Å². The van der Waals surface area contributed by atoms with E-state index < -0.39 is 0 Å². The maximum Gasteiger partial charge on any atom is 0.102 e. The zero-order chi connectivity index (χ0) is 8.81. The van der Waals surface area contributed by atoms with Crippen molar-refractivity contribution in [3.05, 3.63) is 34.3 Å². The van der Waals surface area contributed by atoms with E-state index in [1.807, 2.05) is 24.3 Å². The van der Waals surface area contributed by atoms with E-state index in [9.17, 15) is 4.39 Å². The minimum absolute atomic E-state index is 0.315. The Labute approximate surface area is 80.1 Å². The SMILES string of the molecule is FCCNCc1ccccc1Br. The monoisotopic (exact) mass is 231 g/mol. The van der Waals surface area contributed by atoms with Crippen LogP contribution in [-0.4, -0.2) is 13.2 Å². The summed E-state index contributed by atoms with van der Waals surface area (Å²) in [6.07, 6.45) is 0. The second-order valence-electron chi connectivity index (χ2n) is 2.46. The van der Waals surface area contributed by atoms with Crippen LogP contribution in [-0.2, 0) is 6.54 Å². The molecule has 1 nitrogen and oxygen atoms in total. The predicted molar refractivity (Wildman–Crippen MR) is 51.8 cm³/mol. The molecule has 0 radical (unpaired) electrons. The number of hydrogen-bond acceptors (Lipinski definition) is 1. The average Bonchev–Trinajstić information content (AvgIpc) is 2.09. The molecule has 0 amide bonds. The van der Waals surface area contributed by atoms with Crippen LogP contribution in [0.2, 0.25) is 0 Å². The Morgan fingerprint density at radius 3 is 2.75 bits per heavy atom. The van der Waals surface area contributed by atoms with E-state index in [-0.39, 0.29) is 6.67 Å². The fourth-order valence-electron chi connectivity index (χ4n) is 0.932. The van der Waals surface area contributed by atoms with Gasteiger partial charge in [0.25, 0.3) is 0 Å². The number of alkyl halides is 1. The Balaban J connectivity index is 2.46. The van der Waals surface area contributed by atoms with E-state index in [2.05, 4.69) is 21.2 Å². The third-order valence-corrected chi connectivity index (χ3v) is 2.32. The van der Waals surface area contributed by atoms with Gasteiger partial charge in [-0.3, -0.25) is 0 Å². The second kappa shape index (κ2) is 5.27. The lowest BCUT2D eigenvalue weighted by molar-refractivity contribution is 0.466. The van der Waals surface area contributed by atoms with Crippen LogP contribution in [0.25, 0.3) is 0 Å². The molecule has 0 fully saturated rings. The summed E-state index contributed by atoms with van der Waals surface area (Å²) in [5.41, 5.74) is 1.16. The third-order valence-electron chi connectivity index (χ3n) is 1.54.